The quantitative estimate of drug-likeness (QED) is 0.446. The van der Waals surface area contributed by atoms with Gasteiger partial charge in [0.15, 0.2) is 22.1 Å². The number of piperazine rings is 1. The minimum absolute atomic E-state index is 0.0382. The standard InChI is InChI=1S/C22H24BrFN6O3/c1-12-10-30(11-13(2)26-12)22-25-9-15(24)20(29-22)27-14-4-5-17(32-3)16(8-14)28-21(31)18-6-7-19(23)33-18/h4-9,12-13,26H,10-11H2,1-3H3,(H,28,31)(H,25,27,29)/t12-,13+. The molecule has 2 aromatic heterocycles. The van der Waals surface area contributed by atoms with Crippen molar-refractivity contribution in [1.82, 2.24) is 15.3 Å². The number of nitrogens with zero attached hydrogens (tertiary/aromatic N) is 3. The van der Waals surface area contributed by atoms with E-state index in [1.165, 1.54) is 7.11 Å². The lowest BCUT2D eigenvalue weighted by Gasteiger charge is -2.36. The highest BCUT2D eigenvalue weighted by atomic mass is 79.9. The van der Waals surface area contributed by atoms with Crippen molar-refractivity contribution < 1.29 is 18.3 Å². The molecule has 11 heteroatoms. The Morgan fingerprint density at radius 1 is 1.27 bits per heavy atom. The third-order valence-corrected chi connectivity index (χ3v) is 5.51. The summed E-state index contributed by atoms with van der Waals surface area (Å²) in [7, 11) is 1.49. The summed E-state index contributed by atoms with van der Waals surface area (Å²) in [4.78, 5) is 23.1. The average Bonchev–Trinajstić information content (AvgIpc) is 3.21. The van der Waals surface area contributed by atoms with Gasteiger partial charge in [0.05, 0.1) is 19.0 Å². The van der Waals surface area contributed by atoms with Crippen molar-refractivity contribution in [2.45, 2.75) is 25.9 Å². The Morgan fingerprint density at radius 3 is 2.70 bits per heavy atom. The van der Waals surface area contributed by atoms with Crippen molar-refractivity contribution in [1.29, 1.82) is 0 Å². The SMILES string of the molecule is COc1ccc(Nc2nc(N3C[C@@H](C)N[C@@H](C)C3)ncc2F)cc1NC(=O)c1ccc(Br)o1. The van der Waals surface area contributed by atoms with Crippen molar-refractivity contribution in [3.63, 3.8) is 0 Å². The van der Waals surface area contributed by atoms with Crippen LogP contribution in [0.1, 0.15) is 24.4 Å². The van der Waals surface area contributed by atoms with E-state index in [1.807, 2.05) is 4.90 Å². The molecule has 0 aliphatic carbocycles. The van der Waals surface area contributed by atoms with E-state index in [2.05, 4.69) is 55.7 Å². The summed E-state index contributed by atoms with van der Waals surface area (Å²) >= 11 is 3.17. The predicted molar refractivity (Wildman–Crippen MR) is 127 cm³/mol. The van der Waals surface area contributed by atoms with E-state index in [0.717, 1.165) is 19.3 Å². The molecule has 0 bridgehead atoms. The summed E-state index contributed by atoms with van der Waals surface area (Å²) in [5, 5.41) is 9.17. The molecule has 1 aliphatic heterocycles. The molecule has 1 amide bonds. The lowest BCUT2D eigenvalue weighted by atomic mass is 10.1. The fourth-order valence-corrected chi connectivity index (χ4v) is 4.03. The highest BCUT2D eigenvalue weighted by Gasteiger charge is 2.24. The molecule has 4 rings (SSSR count). The van der Waals surface area contributed by atoms with Crippen molar-refractivity contribution in [3.8, 4) is 5.75 Å². The fourth-order valence-electron chi connectivity index (χ4n) is 3.73. The second kappa shape index (κ2) is 9.75. The summed E-state index contributed by atoms with van der Waals surface area (Å²) in [6, 6.07) is 8.69. The Bertz CT molecular complexity index is 1150. The molecule has 33 heavy (non-hydrogen) atoms. The summed E-state index contributed by atoms with van der Waals surface area (Å²) in [6.45, 7) is 5.61. The Kier molecular flexibility index (Phi) is 6.80. The molecule has 174 valence electrons. The van der Waals surface area contributed by atoms with Gasteiger partial charge in [0, 0.05) is 30.9 Å². The molecule has 3 heterocycles. The molecular formula is C22H24BrFN6O3. The van der Waals surface area contributed by atoms with Crippen molar-refractivity contribution in [3.05, 3.63) is 52.8 Å². The summed E-state index contributed by atoms with van der Waals surface area (Å²) < 4.78 is 25.6. The number of amides is 1. The zero-order valence-corrected chi connectivity index (χ0v) is 19.9. The van der Waals surface area contributed by atoms with E-state index in [1.54, 1.807) is 30.3 Å². The monoisotopic (exact) mass is 518 g/mol. The van der Waals surface area contributed by atoms with Gasteiger partial charge in [-0.25, -0.2) is 9.37 Å². The number of halogens is 2. The predicted octanol–water partition coefficient (Wildman–Crippen LogP) is 4.16. The average molecular weight is 519 g/mol. The minimum atomic E-state index is -0.586. The molecule has 3 N–H and O–H groups in total. The Hall–Kier alpha value is -3.18. The highest BCUT2D eigenvalue weighted by Crippen LogP contribution is 2.31. The van der Waals surface area contributed by atoms with Gasteiger partial charge in [0.2, 0.25) is 5.95 Å². The number of aromatic nitrogens is 2. The molecule has 0 radical (unpaired) electrons. The number of carbonyl (C=O) groups is 1. The maximum atomic E-state index is 14.5. The van der Waals surface area contributed by atoms with Crippen LogP contribution in [0.3, 0.4) is 0 Å². The van der Waals surface area contributed by atoms with Crippen LogP contribution in [0.4, 0.5) is 27.5 Å². The molecule has 1 saturated heterocycles. The number of hydrogen-bond acceptors (Lipinski definition) is 8. The smallest absolute Gasteiger partial charge is 0.291 e. The van der Waals surface area contributed by atoms with Crippen LogP contribution in [0.5, 0.6) is 5.75 Å². The van der Waals surface area contributed by atoms with Crippen molar-refractivity contribution in [2.24, 2.45) is 0 Å². The Balaban J connectivity index is 1.56. The summed E-state index contributed by atoms with van der Waals surface area (Å²) in [6.07, 6.45) is 1.16. The van der Waals surface area contributed by atoms with E-state index in [-0.39, 0.29) is 23.7 Å². The third-order valence-electron chi connectivity index (χ3n) is 5.08. The van der Waals surface area contributed by atoms with Crippen LogP contribution in [-0.2, 0) is 0 Å². The molecule has 9 nitrogen and oxygen atoms in total. The van der Waals surface area contributed by atoms with E-state index >= 15 is 0 Å². The van der Waals surface area contributed by atoms with E-state index in [4.69, 9.17) is 9.15 Å². The van der Waals surface area contributed by atoms with Crippen molar-refractivity contribution in [2.75, 3.05) is 35.7 Å². The maximum absolute atomic E-state index is 14.5. The first-order valence-corrected chi connectivity index (χ1v) is 11.2. The number of furan rings is 1. The van der Waals surface area contributed by atoms with Crippen LogP contribution in [0.15, 0.2) is 45.6 Å². The van der Waals surface area contributed by atoms with E-state index < -0.39 is 11.7 Å². The molecular weight excluding hydrogens is 495 g/mol. The lowest BCUT2D eigenvalue weighted by Crippen LogP contribution is -2.54. The van der Waals surface area contributed by atoms with Gasteiger partial charge in [-0.05, 0) is 60.1 Å². The van der Waals surface area contributed by atoms with Gasteiger partial charge in [0.25, 0.3) is 5.91 Å². The molecule has 3 aromatic rings. The zero-order chi connectivity index (χ0) is 23.5. The van der Waals surface area contributed by atoms with Gasteiger partial charge in [-0.3, -0.25) is 4.79 Å². The van der Waals surface area contributed by atoms with Gasteiger partial charge >= 0.3 is 0 Å². The first-order chi connectivity index (χ1) is 15.8. The molecule has 0 saturated carbocycles. The summed E-state index contributed by atoms with van der Waals surface area (Å²) in [5.74, 6) is 0.0200. The first kappa shape index (κ1) is 23.0. The fraction of sp³-hybridized carbons (Fsp3) is 0.318. The molecule has 1 aromatic carbocycles. The normalized spacial score (nSPS) is 18.2. The van der Waals surface area contributed by atoms with Gasteiger partial charge < -0.3 is 30.0 Å². The maximum Gasteiger partial charge on any atom is 0.291 e. The molecule has 0 spiro atoms. The molecule has 1 fully saturated rings. The van der Waals surface area contributed by atoms with Crippen LogP contribution in [0.25, 0.3) is 0 Å². The topological polar surface area (TPSA) is 105 Å². The number of methoxy groups -OCH3 is 1. The lowest BCUT2D eigenvalue weighted by molar-refractivity contribution is 0.0995. The number of carbonyl (C=O) groups excluding carboxylic acids is 1. The van der Waals surface area contributed by atoms with E-state index in [9.17, 15) is 9.18 Å². The van der Waals surface area contributed by atoms with Gasteiger partial charge in [-0.2, -0.15) is 4.98 Å². The van der Waals surface area contributed by atoms with Crippen LogP contribution in [0.2, 0.25) is 0 Å². The number of ether oxygens (including phenoxy) is 1. The third kappa shape index (κ3) is 5.42. The van der Waals surface area contributed by atoms with Gasteiger partial charge in [0.1, 0.15) is 5.75 Å². The minimum Gasteiger partial charge on any atom is -0.495 e. The summed E-state index contributed by atoms with van der Waals surface area (Å²) in [5.41, 5.74) is 0.900. The van der Waals surface area contributed by atoms with Crippen LogP contribution in [-0.4, -0.2) is 48.2 Å². The highest BCUT2D eigenvalue weighted by molar-refractivity contribution is 9.10. The van der Waals surface area contributed by atoms with Crippen molar-refractivity contribution >= 4 is 45.0 Å². The van der Waals surface area contributed by atoms with Crippen LogP contribution < -0.4 is 25.6 Å². The first-order valence-electron chi connectivity index (χ1n) is 10.4. The number of nitrogens with one attached hydrogen (secondary N) is 3. The molecule has 2 atom stereocenters. The van der Waals surface area contributed by atoms with Crippen LogP contribution in [0, 0.1) is 5.82 Å². The molecule has 1 aliphatic rings. The second-order valence-corrected chi connectivity index (χ2v) is 8.62. The zero-order valence-electron chi connectivity index (χ0n) is 18.4. The Morgan fingerprint density at radius 2 is 2.03 bits per heavy atom. The second-order valence-electron chi connectivity index (χ2n) is 7.84. The number of rotatable bonds is 6. The number of anilines is 4. The van der Waals surface area contributed by atoms with Gasteiger partial charge in [-0.15, -0.1) is 0 Å². The largest absolute Gasteiger partial charge is 0.495 e. The Labute approximate surface area is 198 Å². The van der Waals surface area contributed by atoms with Crippen LogP contribution >= 0.6 is 15.9 Å². The van der Waals surface area contributed by atoms with Gasteiger partial charge in [-0.1, -0.05) is 0 Å². The number of hydrogen-bond donors (Lipinski definition) is 3. The molecule has 0 unspecified atom stereocenters. The number of benzene rings is 1. The van der Waals surface area contributed by atoms with E-state index in [0.29, 0.717) is 27.7 Å².